The molecule has 0 bridgehead atoms. The highest BCUT2D eigenvalue weighted by Crippen LogP contribution is 2.49. The lowest BCUT2D eigenvalue weighted by molar-refractivity contribution is -0.160. The first-order valence-corrected chi connectivity index (χ1v) is 12.9. The molecule has 0 amide bonds. The molecule has 0 aromatic carbocycles. The first-order valence-electron chi connectivity index (χ1n) is 11.5. The average molecular weight is 533 g/mol. The molecular formula is C23H22F6N4O2S. The fraction of sp³-hybridized carbons (Fsp3) is 0.478. The van der Waals surface area contributed by atoms with Gasteiger partial charge < -0.3 is 4.57 Å². The molecule has 0 saturated heterocycles. The van der Waals surface area contributed by atoms with Gasteiger partial charge in [0, 0.05) is 23.8 Å². The third kappa shape index (κ3) is 4.47. The summed E-state index contributed by atoms with van der Waals surface area (Å²) < 4.78 is 108. The summed E-state index contributed by atoms with van der Waals surface area (Å²) in [4.78, 5) is 7.85. The topological polar surface area (TPSA) is 76.9 Å². The van der Waals surface area contributed by atoms with Crippen LogP contribution >= 0.6 is 0 Å². The van der Waals surface area contributed by atoms with Gasteiger partial charge in [0.2, 0.25) is 10.0 Å². The summed E-state index contributed by atoms with van der Waals surface area (Å²) in [5.41, 5.74) is -2.23. The number of fused-ring (bicyclic) bond motifs is 1. The molecule has 13 heteroatoms. The number of aromatic nitrogens is 3. The molecule has 0 aliphatic heterocycles. The maximum absolute atomic E-state index is 13.3. The Labute approximate surface area is 202 Å². The van der Waals surface area contributed by atoms with E-state index in [1.165, 1.54) is 12.1 Å². The van der Waals surface area contributed by atoms with Gasteiger partial charge in [-0.1, -0.05) is 19.3 Å². The van der Waals surface area contributed by atoms with Gasteiger partial charge in [-0.05, 0) is 49.9 Å². The standard InChI is InChI=1S/C23H22F6N4O2S/c24-22(25,26)15-10-14-11-19(33(20(14)31-12-15)16-4-2-1-3-5-16)18-7-6-17(13-30-18)36(34,35)32-21(8-9-21)23(27,28)29/h6-7,10-13,16,32H,1-5,8-9H2. The maximum atomic E-state index is 13.3. The number of rotatable bonds is 5. The van der Waals surface area contributed by atoms with E-state index in [2.05, 4.69) is 9.97 Å². The minimum absolute atomic E-state index is 0.0242. The molecule has 3 heterocycles. The van der Waals surface area contributed by atoms with Crippen LogP contribution in [0.15, 0.2) is 41.6 Å². The third-order valence-electron chi connectivity index (χ3n) is 6.87. The molecule has 2 fully saturated rings. The SMILES string of the molecule is O=S(=O)(NC1(C(F)(F)F)CC1)c1ccc(-c2cc3cc(C(F)(F)F)cnc3n2C2CCCCC2)nc1. The number of pyridine rings is 2. The van der Waals surface area contributed by atoms with Gasteiger partial charge >= 0.3 is 12.4 Å². The van der Waals surface area contributed by atoms with Crippen molar-refractivity contribution in [2.45, 2.75) is 73.8 Å². The summed E-state index contributed by atoms with van der Waals surface area (Å²) in [6.45, 7) is 0. The molecule has 0 spiro atoms. The molecule has 3 aromatic rings. The number of halogens is 6. The second-order valence-corrected chi connectivity index (χ2v) is 11.1. The Hall–Kier alpha value is -2.67. The number of nitrogens with one attached hydrogen (secondary N) is 1. The minimum atomic E-state index is -4.71. The molecule has 1 N–H and O–H groups in total. The van der Waals surface area contributed by atoms with Crippen molar-refractivity contribution in [3.05, 3.63) is 42.2 Å². The summed E-state index contributed by atoms with van der Waals surface area (Å²) in [6, 6.07) is 5.02. The molecule has 0 radical (unpaired) electrons. The molecule has 0 atom stereocenters. The quantitative estimate of drug-likeness (QED) is 0.409. The van der Waals surface area contributed by atoms with Crippen LogP contribution in [-0.2, 0) is 16.2 Å². The van der Waals surface area contributed by atoms with Crippen LogP contribution in [0.1, 0.15) is 56.6 Å². The van der Waals surface area contributed by atoms with Gasteiger partial charge in [-0.3, -0.25) is 4.98 Å². The Balaban J connectivity index is 1.53. The van der Waals surface area contributed by atoms with E-state index in [0.717, 1.165) is 56.6 Å². The van der Waals surface area contributed by atoms with Crippen molar-refractivity contribution in [2.24, 2.45) is 0 Å². The molecule has 2 saturated carbocycles. The van der Waals surface area contributed by atoms with E-state index in [1.54, 1.807) is 4.72 Å². The zero-order valence-electron chi connectivity index (χ0n) is 18.8. The van der Waals surface area contributed by atoms with Gasteiger partial charge in [-0.2, -0.15) is 31.1 Å². The van der Waals surface area contributed by atoms with Crippen LogP contribution in [-0.4, -0.2) is 34.7 Å². The van der Waals surface area contributed by atoms with Crippen LogP contribution in [0.2, 0.25) is 0 Å². The van der Waals surface area contributed by atoms with E-state index < -0.39 is 38.4 Å². The molecule has 2 aliphatic carbocycles. The lowest BCUT2D eigenvalue weighted by atomic mass is 9.95. The summed E-state index contributed by atoms with van der Waals surface area (Å²) in [6.07, 6.45) is -3.66. The molecule has 5 rings (SSSR count). The maximum Gasteiger partial charge on any atom is 0.417 e. The third-order valence-corrected chi connectivity index (χ3v) is 8.40. The molecule has 3 aromatic heterocycles. The highest BCUT2D eigenvalue weighted by atomic mass is 32.2. The van der Waals surface area contributed by atoms with Crippen LogP contribution in [0.5, 0.6) is 0 Å². The Morgan fingerprint density at radius 1 is 0.944 bits per heavy atom. The minimum Gasteiger partial charge on any atom is -0.321 e. The first-order chi connectivity index (χ1) is 16.8. The molecule has 6 nitrogen and oxygen atoms in total. The Bertz CT molecular complexity index is 1390. The molecule has 2 aliphatic rings. The van der Waals surface area contributed by atoms with Crippen molar-refractivity contribution in [1.29, 1.82) is 0 Å². The lowest BCUT2D eigenvalue weighted by Gasteiger charge is -2.26. The smallest absolute Gasteiger partial charge is 0.321 e. The Morgan fingerprint density at radius 3 is 2.19 bits per heavy atom. The van der Waals surface area contributed by atoms with Gasteiger partial charge in [-0.25, -0.2) is 13.4 Å². The van der Waals surface area contributed by atoms with Gasteiger partial charge in [0.05, 0.1) is 17.0 Å². The van der Waals surface area contributed by atoms with Crippen molar-refractivity contribution in [1.82, 2.24) is 19.3 Å². The van der Waals surface area contributed by atoms with Crippen LogP contribution < -0.4 is 4.72 Å². The molecule has 194 valence electrons. The summed E-state index contributed by atoms with van der Waals surface area (Å²) >= 11 is 0. The van der Waals surface area contributed by atoms with Crippen LogP contribution in [0.4, 0.5) is 26.3 Å². The highest BCUT2D eigenvalue weighted by molar-refractivity contribution is 7.89. The molecule has 36 heavy (non-hydrogen) atoms. The lowest BCUT2D eigenvalue weighted by Crippen LogP contribution is -2.47. The van der Waals surface area contributed by atoms with Gasteiger partial charge in [-0.15, -0.1) is 0 Å². The number of hydrogen-bond donors (Lipinski definition) is 1. The number of sulfonamides is 1. The zero-order chi connectivity index (χ0) is 25.9. The average Bonchev–Trinajstić information content (AvgIpc) is 3.50. The predicted molar refractivity (Wildman–Crippen MR) is 118 cm³/mol. The van der Waals surface area contributed by atoms with Gasteiger partial charge in [0.15, 0.2) is 0 Å². The fourth-order valence-corrected chi connectivity index (χ4v) is 6.14. The van der Waals surface area contributed by atoms with E-state index >= 15 is 0 Å². The van der Waals surface area contributed by atoms with Crippen molar-refractivity contribution in [2.75, 3.05) is 0 Å². The van der Waals surface area contributed by atoms with Crippen molar-refractivity contribution >= 4 is 21.1 Å². The normalized spacial score (nSPS) is 19.1. The Kier molecular flexibility index (Phi) is 5.86. The van der Waals surface area contributed by atoms with Crippen LogP contribution in [0.25, 0.3) is 22.4 Å². The zero-order valence-corrected chi connectivity index (χ0v) is 19.6. The summed E-state index contributed by atoms with van der Waals surface area (Å²) in [5.74, 6) is 0. The van der Waals surface area contributed by atoms with E-state index in [0.29, 0.717) is 11.3 Å². The second kappa shape index (κ2) is 8.44. The summed E-state index contributed by atoms with van der Waals surface area (Å²) in [5, 5.41) is 0.270. The van der Waals surface area contributed by atoms with Gasteiger partial charge in [0.1, 0.15) is 16.1 Å². The van der Waals surface area contributed by atoms with E-state index in [-0.39, 0.29) is 30.0 Å². The largest absolute Gasteiger partial charge is 0.417 e. The van der Waals surface area contributed by atoms with E-state index in [9.17, 15) is 34.8 Å². The number of alkyl halides is 6. The van der Waals surface area contributed by atoms with Gasteiger partial charge in [0.25, 0.3) is 0 Å². The first kappa shape index (κ1) is 25.0. The fourth-order valence-electron chi connectivity index (χ4n) is 4.75. The second-order valence-electron chi connectivity index (χ2n) is 9.39. The number of nitrogens with zero attached hydrogens (tertiary/aromatic N) is 3. The number of hydrogen-bond acceptors (Lipinski definition) is 4. The van der Waals surface area contributed by atoms with Crippen LogP contribution in [0, 0.1) is 0 Å². The van der Waals surface area contributed by atoms with Crippen molar-refractivity contribution < 1.29 is 34.8 Å². The van der Waals surface area contributed by atoms with Crippen molar-refractivity contribution in [3.63, 3.8) is 0 Å². The summed E-state index contributed by atoms with van der Waals surface area (Å²) in [7, 11) is -4.49. The van der Waals surface area contributed by atoms with E-state index in [4.69, 9.17) is 0 Å². The van der Waals surface area contributed by atoms with E-state index in [1.807, 2.05) is 4.57 Å². The monoisotopic (exact) mass is 532 g/mol. The molecular weight excluding hydrogens is 510 g/mol. The van der Waals surface area contributed by atoms with Crippen LogP contribution in [0.3, 0.4) is 0 Å². The Morgan fingerprint density at radius 2 is 1.64 bits per heavy atom. The predicted octanol–water partition coefficient (Wildman–Crippen LogP) is 6.00. The highest BCUT2D eigenvalue weighted by Gasteiger charge is 2.65. The molecule has 0 unspecified atom stereocenters. The van der Waals surface area contributed by atoms with Crippen molar-refractivity contribution in [3.8, 4) is 11.4 Å².